The zero-order valence-corrected chi connectivity index (χ0v) is 17.1. The lowest BCUT2D eigenvalue weighted by molar-refractivity contribution is -0.111. The van der Waals surface area contributed by atoms with E-state index in [2.05, 4.69) is 41.1 Å². The lowest BCUT2D eigenvalue weighted by Crippen LogP contribution is -2.13. The van der Waals surface area contributed by atoms with Crippen molar-refractivity contribution in [1.29, 1.82) is 0 Å². The summed E-state index contributed by atoms with van der Waals surface area (Å²) in [6.07, 6.45) is 3.19. The fourth-order valence-electron chi connectivity index (χ4n) is 3.64. The van der Waals surface area contributed by atoms with Gasteiger partial charge in [-0.2, -0.15) is 0 Å². The van der Waals surface area contributed by atoms with Gasteiger partial charge in [-0.1, -0.05) is 35.9 Å². The summed E-state index contributed by atoms with van der Waals surface area (Å²) in [6, 6.07) is 18.9. The third-order valence-corrected chi connectivity index (χ3v) is 5.38. The van der Waals surface area contributed by atoms with Crippen molar-refractivity contribution >= 4 is 57.0 Å². The first-order valence-electron chi connectivity index (χ1n) is 9.57. The van der Waals surface area contributed by atoms with E-state index < -0.39 is 5.91 Å². The zero-order chi connectivity index (χ0) is 21.3. The van der Waals surface area contributed by atoms with Gasteiger partial charge in [-0.15, -0.1) is 0 Å². The molecule has 4 aromatic rings. The van der Waals surface area contributed by atoms with Crippen LogP contribution in [0.15, 0.2) is 66.7 Å². The fraction of sp³-hybridized carbons (Fsp3) is 0.0833. The van der Waals surface area contributed by atoms with E-state index >= 15 is 0 Å². The molecule has 5 nitrogen and oxygen atoms in total. The quantitative estimate of drug-likeness (QED) is 0.437. The molecule has 0 aliphatic carbocycles. The van der Waals surface area contributed by atoms with Crippen LogP contribution in [0.1, 0.15) is 22.8 Å². The van der Waals surface area contributed by atoms with Crippen LogP contribution in [0.4, 0.5) is 5.69 Å². The number of amides is 2. The molecule has 1 heterocycles. The van der Waals surface area contributed by atoms with E-state index in [4.69, 9.17) is 17.3 Å². The van der Waals surface area contributed by atoms with Gasteiger partial charge in [0.05, 0.1) is 10.7 Å². The number of hydrogen-bond acceptors (Lipinski definition) is 2. The van der Waals surface area contributed by atoms with Crippen molar-refractivity contribution < 1.29 is 9.59 Å². The van der Waals surface area contributed by atoms with Crippen molar-refractivity contribution in [3.05, 3.63) is 82.9 Å². The molecule has 0 bridgehead atoms. The average molecular weight is 418 g/mol. The summed E-state index contributed by atoms with van der Waals surface area (Å²) >= 11 is 6.11. The van der Waals surface area contributed by atoms with Gasteiger partial charge in [-0.05, 0) is 55.0 Å². The number of nitrogens with one attached hydrogen (secondary N) is 1. The number of benzene rings is 3. The number of anilines is 1. The molecule has 3 aromatic carbocycles. The van der Waals surface area contributed by atoms with Crippen LogP contribution < -0.4 is 11.1 Å². The second-order valence-electron chi connectivity index (χ2n) is 6.92. The molecule has 150 valence electrons. The average Bonchev–Trinajstić information content (AvgIpc) is 3.06. The van der Waals surface area contributed by atoms with Crippen molar-refractivity contribution in [3.63, 3.8) is 0 Å². The van der Waals surface area contributed by atoms with Gasteiger partial charge in [0.1, 0.15) is 0 Å². The minimum absolute atomic E-state index is 0.274. The molecule has 0 radical (unpaired) electrons. The number of primary amides is 1. The number of halogens is 1. The van der Waals surface area contributed by atoms with Crippen molar-refractivity contribution in [2.24, 2.45) is 5.73 Å². The molecule has 0 aliphatic heterocycles. The van der Waals surface area contributed by atoms with Crippen LogP contribution in [-0.4, -0.2) is 16.4 Å². The van der Waals surface area contributed by atoms with Gasteiger partial charge in [-0.3, -0.25) is 9.59 Å². The van der Waals surface area contributed by atoms with Crippen LogP contribution in [0.2, 0.25) is 5.02 Å². The SMILES string of the molecule is CCn1c2ccccc2c2cc(C=CC(=O)Nc3cc(C(N)=O)ccc3Cl)ccc21. The highest BCUT2D eigenvalue weighted by Crippen LogP contribution is 2.30. The smallest absolute Gasteiger partial charge is 0.248 e. The lowest BCUT2D eigenvalue weighted by atomic mass is 10.1. The number of nitrogens with zero attached hydrogens (tertiary/aromatic N) is 1. The second kappa shape index (κ2) is 8.05. The van der Waals surface area contributed by atoms with Gasteiger partial charge in [-0.25, -0.2) is 0 Å². The zero-order valence-electron chi connectivity index (χ0n) is 16.4. The Morgan fingerprint density at radius 3 is 2.57 bits per heavy atom. The van der Waals surface area contributed by atoms with Crippen molar-refractivity contribution in [1.82, 2.24) is 4.57 Å². The molecule has 1 aromatic heterocycles. The number of aryl methyl sites for hydroxylation is 1. The first-order chi connectivity index (χ1) is 14.5. The fourth-order valence-corrected chi connectivity index (χ4v) is 3.80. The Balaban J connectivity index is 1.61. The molecule has 4 rings (SSSR count). The minimum atomic E-state index is -0.586. The summed E-state index contributed by atoms with van der Waals surface area (Å²) < 4.78 is 2.28. The van der Waals surface area contributed by atoms with E-state index in [1.54, 1.807) is 6.08 Å². The summed E-state index contributed by atoms with van der Waals surface area (Å²) in [5, 5.41) is 5.35. The summed E-state index contributed by atoms with van der Waals surface area (Å²) in [6.45, 7) is 3.01. The second-order valence-corrected chi connectivity index (χ2v) is 7.33. The highest BCUT2D eigenvalue weighted by molar-refractivity contribution is 6.34. The molecule has 3 N–H and O–H groups in total. The standard InChI is InChI=1S/C24H20ClN3O2/c1-2-28-21-6-4-3-5-17(21)18-13-15(7-11-22(18)28)8-12-23(29)27-20-14-16(24(26)30)9-10-19(20)25/h3-14H,2H2,1H3,(H2,26,30)(H,27,29). The number of carbonyl (C=O) groups is 2. The number of carbonyl (C=O) groups excluding carboxylic acids is 2. The van der Waals surface area contributed by atoms with Gasteiger partial charge in [0.2, 0.25) is 11.8 Å². The topological polar surface area (TPSA) is 77.1 Å². The van der Waals surface area contributed by atoms with E-state index in [0.717, 1.165) is 23.0 Å². The number of aromatic nitrogens is 1. The number of para-hydroxylation sites is 1. The predicted octanol–water partition coefficient (Wildman–Crippen LogP) is 5.22. The summed E-state index contributed by atoms with van der Waals surface area (Å²) in [5.41, 5.74) is 9.16. The highest BCUT2D eigenvalue weighted by Gasteiger charge is 2.10. The molecule has 0 spiro atoms. The Labute approximate surface area is 178 Å². The molecule has 30 heavy (non-hydrogen) atoms. The first-order valence-corrected chi connectivity index (χ1v) is 9.95. The summed E-state index contributed by atoms with van der Waals surface area (Å²) in [5.74, 6) is -0.938. The Kier molecular flexibility index (Phi) is 5.29. The molecule has 0 aliphatic rings. The van der Waals surface area contributed by atoms with Gasteiger partial charge in [0.25, 0.3) is 0 Å². The maximum absolute atomic E-state index is 12.4. The third kappa shape index (κ3) is 3.67. The van der Waals surface area contributed by atoms with Crippen LogP contribution in [0.5, 0.6) is 0 Å². The molecule has 6 heteroatoms. The highest BCUT2D eigenvalue weighted by atomic mass is 35.5. The monoisotopic (exact) mass is 417 g/mol. The van der Waals surface area contributed by atoms with E-state index in [1.807, 2.05) is 18.2 Å². The first kappa shape index (κ1) is 19.7. The Morgan fingerprint density at radius 1 is 1.03 bits per heavy atom. The molecule has 0 fully saturated rings. The predicted molar refractivity (Wildman–Crippen MR) is 123 cm³/mol. The van der Waals surface area contributed by atoms with Crippen molar-refractivity contribution in [2.45, 2.75) is 13.5 Å². The molecular formula is C24H20ClN3O2. The van der Waals surface area contributed by atoms with Crippen LogP contribution in [0, 0.1) is 0 Å². The van der Waals surface area contributed by atoms with Crippen LogP contribution in [-0.2, 0) is 11.3 Å². The van der Waals surface area contributed by atoms with E-state index in [0.29, 0.717) is 10.7 Å². The van der Waals surface area contributed by atoms with Crippen LogP contribution in [0.25, 0.3) is 27.9 Å². The summed E-state index contributed by atoms with van der Waals surface area (Å²) in [4.78, 5) is 23.7. The minimum Gasteiger partial charge on any atom is -0.366 e. The van der Waals surface area contributed by atoms with Crippen molar-refractivity contribution in [3.8, 4) is 0 Å². The largest absolute Gasteiger partial charge is 0.366 e. The van der Waals surface area contributed by atoms with Crippen LogP contribution >= 0.6 is 11.6 Å². The van der Waals surface area contributed by atoms with E-state index in [-0.39, 0.29) is 11.5 Å². The van der Waals surface area contributed by atoms with E-state index in [1.165, 1.54) is 35.2 Å². The third-order valence-electron chi connectivity index (χ3n) is 5.05. The van der Waals surface area contributed by atoms with Gasteiger partial charge < -0.3 is 15.6 Å². The summed E-state index contributed by atoms with van der Waals surface area (Å²) in [7, 11) is 0. The number of hydrogen-bond donors (Lipinski definition) is 2. The van der Waals surface area contributed by atoms with Gasteiger partial charge in [0, 0.05) is 40.0 Å². The Hall–Kier alpha value is -3.57. The normalized spacial score (nSPS) is 11.4. The number of fused-ring (bicyclic) bond motifs is 3. The molecule has 0 saturated carbocycles. The van der Waals surface area contributed by atoms with E-state index in [9.17, 15) is 9.59 Å². The maximum Gasteiger partial charge on any atom is 0.248 e. The maximum atomic E-state index is 12.4. The molecule has 0 unspecified atom stereocenters. The van der Waals surface area contributed by atoms with Gasteiger partial charge >= 0.3 is 0 Å². The van der Waals surface area contributed by atoms with Crippen molar-refractivity contribution in [2.75, 3.05) is 5.32 Å². The molecule has 0 atom stereocenters. The molecule has 0 saturated heterocycles. The van der Waals surface area contributed by atoms with Gasteiger partial charge in [0.15, 0.2) is 0 Å². The Bertz CT molecular complexity index is 1320. The molecular weight excluding hydrogens is 398 g/mol. The molecule has 2 amide bonds. The number of rotatable bonds is 5. The van der Waals surface area contributed by atoms with Crippen LogP contribution in [0.3, 0.4) is 0 Å². The Morgan fingerprint density at radius 2 is 1.80 bits per heavy atom. The lowest BCUT2D eigenvalue weighted by Gasteiger charge is -2.06. The number of nitrogens with two attached hydrogens (primary N) is 1.